The number of ether oxygens (including phenoxy) is 1. The van der Waals surface area contributed by atoms with Gasteiger partial charge in [0.25, 0.3) is 0 Å². The molecule has 0 bridgehead atoms. The first-order chi connectivity index (χ1) is 8.55. The second-order valence-corrected chi connectivity index (χ2v) is 2.70. The van der Waals surface area contributed by atoms with E-state index in [4.69, 9.17) is 0 Å². The second kappa shape index (κ2) is 6.71. The number of nitrogens with zero attached hydrogens (tertiary/aromatic N) is 1. The Bertz CT molecular complexity index is 363. The van der Waals surface area contributed by atoms with Gasteiger partial charge in [-0.05, 0) is 12.1 Å². The number of carbonyl (C=O) groups excluding carboxylic acids is 2. The molecule has 1 rings (SSSR count). The van der Waals surface area contributed by atoms with Gasteiger partial charge < -0.3 is 4.74 Å². The van der Waals surface area contributed by atoms with Crippen molar-refractivity contribution in [3.05, 3.63) is 30.6 Å². The van der Waals surface area contributed by atoms with Crippen molar-refractivity contribution in [2.24, 2.45) is 0 Å². The van der Waals surface area contributed by atoms with E-state index in [0.29, 0.717) is 0 Å². The van der Waals surface area contributed by atoms with E-state index in [9.17, 15) is 35.9 Å². The van der Waals surface area contributed by atoms with Gasteiger partial charge in [-0.1, -0.05) is 6.07 Å². The quantitative estimate of drug-likeness (QED) is 0.417. The van der Waals surface area contributed by atoms with Crippen LogP contribution in [-0.2, 0) is 14.3 Å². The van der Waals surface area contributed by atoms with E-state index in [1.54, 1.807) is 12.4 Å². The molecule has 0 aliphatic heterocycles. The molecular weight excluding hydrogens is 284 g/mol. The number of rotatable bonds is 0. The van der Waals surface area contributed by atoms with Gasteiger partial charge >= 0.3 is 24.3 Å². The Morgan fingerprint density at radius 2 is 1.16 bits per heavy atom. The van der Waals surface area contributed by atoms with Crippen molar-refractivity contribution < 1.29 is 40.7 Å². The lowest BCUT2D eigenvalue weighted by Gasteiger charge is -2.06. The minimum absolute atomic E-state index is 1.75. The zero-order valence-electron chi connectivity index (χ0n) is 8.83. The van der Waals surface area contributed by atoms with E-state index < -0.39 is 24.3 Å². The Balaban J connectivity index is 0.000000443. The highest BCUT2D eigenvalue weighted by Crippen LogP contribution is 2.21. The maximum absolute atomic E-state index is 11.2. The third-order valence-electron chi connectivity index (χ3n) is 1.21. The summed E-state index contributed by atoms with van der Waals surface area (Å²) in [5.74, 6) is -6.40. The fourth-order valence-electron chi connectivity index (χ4n) is 0.513. The fourth-order valence-corrected chi connectivity index (χ4v) is 0.513. The van der Waals surface area contributed by atoms with Crippen LogP contribution in [0, 0.1) is 0 Å². The maximum atomic E-state index is 11.2. The minimum atomic E-state index is -5.62. The lowest BCUT2D eigenvalue weighted by molar-refractivity contribution is -0.221. The number of halogens is 6. The van der Waals surface area contributed by atoms with Crippen LogP contribution in [0.4, 0.5) is 26.3 Å². The number of carbonyl (C=O) groups is 2. The zero-order valence-corrected chi connectivity index (χ0v) is 8.83. The standard InChI is InChI=1S/C5H5N.C4F6O3/c1-2-4-6-5-3-1;5-3(6,7)1(11)13-2(12)4(8,9)10/h1-5H;. The van der Waals surface area contributed by atoms with Crippen LogP contribution >= 0.6 is 0 Å². The van der Waals surface area contributed by atoms with Crippen molar-refractivity contribution in [1.29, 1.82) is 0 Å². The molecule has 0 N–H and O–H groups in total. The van der Waals surface area contributed by atoms with E-state index in [1.807, 2.05) is 18.2 Å². The molecule has 1 heterocycles. The molecule has 0 fully saturated rings. The molecule has 0 aliphatic rings. The van der Waals surface area contributed by atoms with Gasteiger partial charge in [0.1, 0.15) is 0 Å². The summed E-state index contributed by atoms with van der Waals surface area (Å²) in [7, 11) is 0. The van der Waals surface area contributed by atoms with Crippen molar-refractivity contribution in [2.45, 2.75) is 12.4 Å². The van der Waals surface area contributed by atoms with E-state index in [2.05, 4.69) is 9.72 Å². The van der Waals surface area contributed by atoms with Gasteiger partial charge in [0.15, 0.2) is 0 Å². The van der Waals surface area contributed by atoms with E-state index in [-0.39, 0.29) is 0 Å². The summed E-state index contributed by atoms with van der Waals surface area (Å²) < 4.78 is 69.7. The van der Waals surface area contributed by atoms with Crippen LogP contribution in [0.1, 0.15) is 0 Å². The third kappa shape index (κ3) is 7.73. The number of pyridine rings is 1. The molecule has 4 nitrogen and oxygen atoms in total. The highest BCUT2D eigenvalue weighted by molar-refractivity contribution is 5.90. The molecule has 0 saturated carbocycles. The molecule has 0 atom stereocenters. The van der Waals surface area contributed by atoms with Crippen LogP contribution in [0.15, 0.2) is 30.6 Å². The average molecular weight is 289 g/mol. The molecule has 1 aromatic heterocycles. The first-order valence-electron chi connectivity index (χ1n) is 4.30. The number of aromatic nitrogens is 1. The molecule has 19 heavy (non-hydrogen) atoms. The van der Waals surface area contributed by atoms with Gasteiger partial charge in [-0.15, -0.1) is 0 Å². The molecule has 0 radical (unpaired) electrons. The molecule has 0 saturated heterocycles. The normalized spacial score (nSPS) is 11.1. The highest BCUT2D eigenvalue weighted by atomic mass is 19.4. The van der Waals surface area contributed by atoms with Crippen LogP contribution in [0.3, 0.4) is 0 Å². The van der Waals surface area contributed by atoms with Crippen LogP contribution < -0.4 is 0 Å². The predicted octanol–water partition coefficient (Wildman–Crippen LogP) is 2.26. The summed E-state index contributed by atoms with van der Waals surface area (Å²) in [5.41, 5.74) is 0. The second-order valence-electron chi connectivity index (χ2n) is 2.70. The lowest BCUT2D eigenvalue weighted by Crippen LogP contribution is -2.34. The highest BCUT2D eigenvalue weighted by Gasteiger charge is 2.49. The first kappa shape index (κ1) is 16.9. The number of esters is 2. The Hall–Kier alpha value is -2.13. The van der Waals surface area contributed by atoms with Crippen LogP contribution in [0.5, 0.6) is 0 Å². The van der Waals surface area contributed by atoms with Crippen molar-refractivity contribution in [1.82, 2.24) is 4.98 Å². The summed E-state index contributed by atoms with van der Waals surface area (Å²) in [6.07, 6.45) is -7.75. The van der Waals surface area contributed by atoms with Crippen molar-refractivity contribution in [3.8, 4) is 0 Å². The predicted molar refractivity (Wildman–Crippen MR) is 47.4 cm³/mol. The van der Waals surface area contributed by atoms with Gasteiger partial charge in [0.2, 0.25) is 0 Å². The fraction of sp³-hybridized carbons (Fsp3) is 0.222. The zero-order chi connectivity index (χ0) is 15.1. The van der Waals surface area contributed by atoms with Gasteiger partial charge in [-0.25, -0.2) is 9.59 Å². The Labute approximate surface area is 102 Å². The lowest BCUT2D eigenvalue weighted by atomic mass is 10.5. The third-order valence-corrected chi connectivity index (χ3v) is 1.21. The summed E-state index contributed by atoms with van der Waals surface area (Å²) in [4.78, 5) is 23.1. The minimum Gasteiger partial charge on any atom is -0.380 e. The summed E-state index contributed by atoms with van der Waals surface area (Å²) in [6.45, 7) is 0. The molecule has 0 spiro atoms. The summed E-state index contributed by atoms with van der Waals surface area (Å²) in [6, 6.07) is 5.72. The Morgan fingerprint density at radius 1 is 0.789 bits per heavy atom. The largest absolute Gasteiger partial charge is 0.491 e. The maximum Gasteiger partial charge on any atom is 0.491 e. The smallest absolute Gasteiger partial charge is 0.380 e. The molecule has 0 amide bonds. The first-order valence-corrected chi connectivity index (χ1v) is 4.30. The van der Waals surface area contributed by atoms with Gasteiger partial charge in [0, 0.05) is 12.4 Å². The molecule has 0 unspecified atom stereocenters. The number of hydrogen-bond acceptors (Lipinski definition) is 4. The van der Waals surface area contributed by atoms with Crippen molar-refractivity contribution >= 4 is 11.9 Å². The topological polar surface area (TPSA) is 56.3 Å². The number of alkyl halides is 6. The molecule has 0 aliphatic carbocycles. The molecule has 1 aromatic rings. The number of hydrogen-bond donors (Lipinski definition) is 0. The van der Waals surface area contributed by atoms with Crippen molar-refractivity contribution in [2.75, 3.05) is 0 Å². The van der Waals surface area contributed by atoms with Gasteiger partial charge in [-0.3, -0.25) is 4.98 Å². The van der Waals surface area contributed by atoms with Gasteiger partial charge in [0.05, 0.1) is 0 Å². The molecule has 106 valence electrons. The monoisotopic (exact) mass is 289 g/mol. The molecule has 10 heteroatoms. The van der Waals surface area contributed by atoms with Crippen LogP contribution in [0.25, 0.3) is 0 Å². The van der Waals surface area contributed by atoms with Crippen LogP contribution in [-0.4, -0.2) is 29.3 Å². The SMILES string of the molecule is O=C(OC(=O)C(F)(F)F)C(F)(F)F.c1ccncc1. The Kier molecular flexibility index (Phi) is 5.96. The van der Waals surface area contributed by atoms with E-state index in [0.717, 1.165) is 0 Å². The van der Waals surface area contributed by atoms with Gasteiger partial charge in [-0.2, -0.15) is 26.3 Å². The summed E-state index contributed by atoms with van der Waals surface area (Å²) in [5, 5.41) is 0. The van der Waals surface area contributed by atoms with Crippen molar-refractivity contribution in [3.63, 3.8) is 0 Å². The average Bonchev–Trinajstić information content (AvgIpc) is 2.29. The molecular formula is C9H5F6NO3. The molecule has 0 aromatic carbocycles. The summed E-state index contributed by atoms with van der Waals surface area (Å²) >= 11 is 0. The van der Waals surface area contributed by atoms with E-state index in [1.165, 1.54) is 0 Å². The van der Waals surface area contributed by atoms with E-state index >= 15 is 0 Å². The Morgan fingerprint density at radius 3 is 1.32 bits per heavy atom. The van der Waals surface area contributed by atoms with Crippen LogP contribution in [0.2, 0.25) is 0 Å².